The highest BCUT2D eigenvalue weighted by molar-refractivity contribution is 5.92. The van der Waals surface area contributed by atoms with Crippen LogP contribution < -0.4 is 5.32 Å². The van der Waals surface area contributed by atoms with Crippen molar-refractivity contribution in [3.8, 4) is 12.3 Å². The maximum atomic E-state index is 10.7. The summed E-state index contributed by atoms with van der Waals surface area (Å²) in [6.07, 6.45) is 7.34. The Labute approximate surface area is 76.9 Å². The van der Waals surface area contributed by atoms with E-state index in [1.54, 1.807) is 10.9 Å². The Morgan fingerprint density at radius 1 is 1.85 bits per heavy atom. The molecule has 0 aromatic carbocycles. The molecule has 0 saturated heterocycles. The second-order valence-electron chi connectivity index (χ2n) is 2.60. The summed E-state index contributed by atoms with van der Waals surface area (Å²) in [4.78, 5) is 10.7. The molecule has 1 aromatic heterocycles. The number of hydrogen-bond donors (Lipinski definition) is 1. The van der Waals surface area contributed by atoms with Crippen LogP contribution in [0.25, 0.3) is 0 Å². The zero-order chi connectivity index (χ0) is 9.68. The third kappa shape index (κ3) is 2.64. The van der Waals surface area contributed by atoms with Crippen LogP contribution in [0.2, 0.25) is 0 Å². The van der Waals surface area contributed by atoms with Crippen LogP contribution in [0.4, 0.5) is 0 Å². The van der Waals surface area contributed by atoms with Crippen molar-refractivity contribution in [2.45, 2.75) is 6.42 Å². The molecule has 1 N–H and O–H groups in total. The fourth-order valence-corrected chi connectivity index (χ4v) is 1.00. The molecule has 1 heterocycles. The van der Waals surface area contributed by atoms with E-state index in [9.17, 15) is 4.79 Å². The van der Waals surface area contributed by atoms with E-state index in [0.717, 1.165) is 12.1 Å². The van der Waals surface area contributed by atoms with Crippen molar-refractivity contribution in [3.63, 3.8) is 0 Å². The molecule has 0 radical (unpaired) electrons. The number of amides is 1. The number of rotatable bonds is 3. The predicted octanol–water partition coefficient (Wildman–Crippen LogP) is -0.288. The number of aromatic nitrogens is 2. The molecule has 13 heavy (non-hydrogen) atoms. The van der Waals surface area contributed by atoms with Crippen molar-refractivity contribution < 1.29 is 4.79 Å². The Bertz CT molecular complexity index is 335. The second-order valence-corrected chi connectivity index (χ2v) is 2.60. The second kappa shape index (κ2) is 4.31. The molecule has 0 fully saturated rings. The monoisotopic (exact) mass is 177 g/mol. The van der Waals surface area contributed by atoms with E-state index < -0.39 is 0 Å². The maximum absolute atomic E-state index is 10.7. The zero-order valence-corrected chi connectivity index (χ0v) is 7.45. The lowest BCUT2D eigenvalue weighted by molar-refractivity contribution is -0.115. The molecule has 0 spiro atoms. The lowest BCUT2D eigenvalue weighted by Gasteiger charge is -2.01. The Morgan fingerprint density at radius 2 is 2.62 bits per heavy atom. The van der Waals surface area contributed by atoms with Gasteiger partial charge in [0.1, 0.15) is 0 Å². The van der Waals surface area contributed by atoms with E-state index in [1.807, 2.05) is 19.0 Å². The lowest BCUT2D eigenvalue weighted by Crippen LogP contribution is -2.24. The SMILES string of the molecule is C#CC(=O)NCCc1ccnn1C. The molecule has 0 aliphatic rings. The van der Waals surface area contributed by atoms with Gasteiger partial charge in [0.2, 0.25) is 0 Å². The quantitative estimate of drug-likeness (QED) is 0.645. The molecular weight excluding hydrogens is 166 g/mol. The van der Waals surface area contributed by atoms with Crippen molar-refractivity contribution in [2.75, 3.05) is 6.54 Å². The summed E-state index contributed by atoms with van der Waals surface area (Å²) in [5.41, 5.74) is 1.07. The summed E-state index contributed by atoms with van der Waals surface area (Å²) in [6, 6.07) is 1.90. The molecule has 0 atom stereocenters. The minimum absolute atomic E-state index is 0.373. The molecule has 1 rings (SSSR count). The Hall–Kier alpha value is -1.76. The van der Waals surface area contributed by atoms with Crippen LogP contribution in [-0.4, -0.2) is 22.2 Å². The molecule has 1 aromatic rings. The largest absolute Gasteiger partial charge is 0.345 e. The van der Waals surface area contributed by atoms with E-state index in [1.165, 1.54) is 0 Å². The number of aryl methyl sites for hydroxylation is 1. The third-order valence-electron chi connectivity index (χ3n) is 1.72. The third-order valence-corrected chi connectivity index (χ3v) is 1.72. The van der Waals surface area contributed by atoms with Crippen molar-refractivity contribution in [1.29, 1.82) is 0 Å². The first kappa shape index (κ1) is 9.33. The summed E-state index contributed by atoms with van der Waals surface area (Å²) < 4.78 is 1.77. The molecule has 0 aliphatic carbocycles. The zero-order valence-electron chi connectivity index (χ0n) is 7.45. The van der Waals surface area contributed by atoms with E-state index in [0.29, 0.717) is 6.54 Å². The van der Waals surface area contributed by atoms with Crippen LogP contribution in [0.1, 0.15) is 5.69 Å². The van der Waals surface area contributed by atoms with E-state index >= 15 is 0 Å². The van der Waals surface area contributed by atoms with Gasteiger partial charge in [0, 0.05) is 31.9 Å². The summed E-state index contributed by atoms with van der Waals surface area (Å²) in [5.74, 6) is 1.61. The average Bonchev–Trinajstić information content (AvgIpc) is 2.52. The van der Waals surface area contributed by atoms with Gasteiger partial charge in [-0.2, -0.15) is 5.10 Å². The molecule has 0 aliphatic heterocycles. The fraction of sp³-hybridized carbons (Fsp3) is 0.333. The minimum Gasteiger partial charge on any atom is -0.345 e. The summed E-state index contributed by atoms with van der Waals surface area (Å²) in [7, 11) is 1.86. The van der Waals surface area contributed by atoms with E-state index in [-0.39, 0.29) is 5.91 Å². The fourth-order valence-electron chi connectivity index (χ4n) is 1.00. The van der Waals surface area contributed by atoms with Gasteiger partial charge >= 0.3 is 0 Å². The van der Waals surface area contributed by atoms with Crippen LogP contribution in [0.15, 0.2) is 12.3 Å². The summed E-state index contributed by atoms with van der Waals surface area (Å²) in [6.45, 7) is 0.544. The number of nitrogens with zero attached hydrogens (tertiary/aromatic N) is 2. The molecule has 4 nitrogen and oxygen atoms in total. The highest BCUT2D eigenvalue weighted by Crippen LogP contribution is 1.95. The van der Waals surface area contributed by atoms with E-state index in [2.05, 4.69) is 10.4 Å². The summed E-state index contributed by atoms with van der Waals surface area (Å²) >= 11 is 0. The molecule has 4 heteroatoms. The molecule has 0 unspecified atom stereocenters. The first-order valence-electron chi connectivity index (χ1n) is 3.95. The molecule has 0 bridgehead atoms. The Kier molecular flexibility index (Phi) is 3.09. The average molecular weight is 177 g/mol. The maximum Gasteiger partial charge on any atom is 0.295 e. The van der Waals surface area contributed by atoms with Gasteiger partial charge in [-0.15, -0.1) is 6.42 Å². The van der Waals surface area contributed by atoms with Gasteiger partial charge in [-0.1, -0.05) is 0 Å². The van der Waals surface area contributed by atoms with Gasteiger partial charge in [-0.25, -0.2) is 0 Å². The van der Waals surface area contributed by atoms with Gasteiger partial charge in [-0.05, 0) is 12.0 Å². The van der Waals surface area contributed by atoms with Crippen molar-refractivity contribution in [3.05, 3.63) is 18.0 Å². The number of hydrogen-bond acceptors (Lipinski definition) is 2. The van der Waals surface area contributed by atoms with Crippen LogP contribution in [0, 0.1) is 12.3 Å². The minimum atomic E-state index is -0.373. The number of carbonyl (C=O) groups excluding carboxylic acids is 1. The molecule has 1 amide bonds. The highest BCUT2D eigenvalue weighted by Gasteiger charge is 1.98. The topological polar surface area (TPSA) is 46.9 Å². The lowest BCUT2D eigenvalue weighted by atomic mass is 10.3. The highest BCUT2D eigenvalue weighted by atomic mass is 16.1. The summed E-state index contributed by atoms with van der Waals surface area (Å²) in [5, 5.41) is 6.58. The van der Waals surface area contributed by atoms with Crippen molar-refractivity contribution >= 4 is 5.91 Å². The molecule has 0 saturated carbocycles. The van der Waals surface area contributed by atoms with Gasteiger partial charge in [0.15, 0.2) is 0 Å². The van der Waals surface area contributed by atoms with E-state index in [4.69, 9.17) is 6.42 Å². The van der Waals surface area contributed by atoms with Crippen LogP contribution >= 0.6 is 0 Å². The van der Waals surface area contributed by atoms with Crippen molar-refractivity contribution in [1.82, 2.24) is 15.1 Å². The number of nitrogens with one attached hydrogen (secondary N) is 1. The first-order chi connectivity index (χ1) is 6.24. The number of carbonyl (C=O) groups is 1. The van der Waals surface area contributed by atoms with Crippen LogP contribution in [0.3, 0.4) is 0 Å². The van der Waals surface area contributed by atoms with Crippen molar-refractivity contribution in [2.24, 2.45) is 7.05 Å². The standard InChI is InChI=1S/C9H11N3O/c1-3-9(13)10-6-4-8-5-7-11-12(8)2/h1,5,7H,4,6H2,2H3,(H,10,13). The molecular formula is C9H11N3O. The number of terminal acetylenes is 1. The Balaban J connectivity index is 2.33. The van der Waals surface area contributed by atoms with Crippen LogP contribution in [-0.2, 0) is 18.3 Å². The molecule has 68 valence electrons. The smallest absolute Gasteiger partial charge is 0.295 e. The Morgan fingerprint density at radius 3 is 3.15 bits per heavy atom. The van der Waals surface area contributed by atoms with Crippen LogP contribution in [0.5, 0.6) is 0 Å². The normalized spacial score (nSPS) is 9.23. The van der Waals surface area contributed by atoms with Gasteiger partial charge in [0.05, 0.1) is 0 Å². The predicted molar refractivity (Wildman–Crippen MR) is 48.8 cm³/mol. The van der Waals surface area contributed by atoms with Gasteiger partial charge in [-0.3, -0.25) is 9.48 Å². The van der Waals surface area contributed by atoms with Gasteiger partial charge < -0.3 is 5.32 Å². The first-order valence-corrected chi connectivity index (χ1v) is 3.95. The van der Waals surface area contributed by atoms with Gasteiger partial charge in [0.25, 0.3) is 5.91 Å².